The smallest absolute Gasteiger partial charge is 0.275 e. The van der Waals surface area contributed by atoms with Gasteiger partial charge < -0.3 is 21.5 Å². The average Bonchev–Trinajstić information content (AvgIpc) is 1.30. The molecule has 8 heavy (non-hydrogen) atoms. The van der Waals surface area contributed by atoms with Crippen LogP contribution in [0.3, 0.4) is 0 Å². The Morgan fingerprint density at radius 1 is 1.25 bits per heavy atom. The monoisotopic (exact) mass is 123 g/mol. The van der Waals surface area contributed by atoms with Crippen molar-refractivity contribution >= 4 is 0 Å². The molecular formula is C4H13NO3. The Hall–Kier alpha value is -0.160. The Morgan fingerprint density at radius 2 is 1.62 bits per heavy atom. The molecule has 0 aliphatic rings. The van der Waals surface area contributed by atoms with E-state index in [1.165, 1.54) is 0 Å². The number of hydrogen-bond acceptors (Lipinski definition) is 4. The van der Waals surface area contributed by atoms with Crippen molar-refractivity contribution < 1.29 is 15.3 Å². The summed E-state index contributed by atoms with van der Waals surface area (Å²) in [7, 11) is 0. The molecule has 4 nitrogen and oxygen atoms in total. The zero-order chi connectivity index (χ0) is 5.91. The molecule has 0 aliphatic heterocycles. The molecule has 0 unspecified atom stereocenters. The molecule has 0 spiro atoms. The maximum absolute atomic E-state index is 8.13. The molecule has 0 heterocycles. The molecule has 0 atom stereocenters. The van der Waals surface area contributed by atoms with Crippen LogP contribution >= 0.6 is 0 Å². The predicted molar refractivity (Wildman–Crippen MR) is 29.3 cm³/mol. The van der Waals surface area contributed by atoms with Gasteiger partial charge in [-0.2, -0.15) is 0 Å². The van der Waals surface area contributed by atoms with Gasteiger partial charge in [0.2, 0.25) is 0 Å². The van der Waals surface area contributed by atoms with Crippen LogP contribution in [0, 0.1) is 0 Å². The van der Waals surface area contributed by atoms with E-state index in [-0.39, 0.29) is 12.6 Å². The number of hydrogen-bond donors (Lipinski definition) is 4. The molecule has 0 saturated heterocycles. The minimum atomic E-state index is -2.45. The summed E-state index contributed by atoms with van der Waals surface area (Å²) in [5.74, 6) is -2.45. The standard InChI is InChI=1S/C4H10O3.H3N/c1-2-3-4(5,6)7;/h5-7H,2-3H2,1H3;1H3. The van der Waals surface area contributed by atoms with Crippen molar-refractivity contribution in [3.05, 3.63) is 0 Å². The van der Waals surface area contributed by atoms with Gasteiger partial charge in [0.1, 0.15) is 0 Å². The van der Waals surface area contributed by atoms with E-state index in [4.69, 9.17) is 15.3 Å². The third-order valence-electron chi connectivity index (χ3n) is 0.585. The summed E-state index contributed by atoms with van der Waals surface area (Å²) in [4.78, 5) is 0. The van der Waals surface area contributed by atoms with Crippen LogP contribution in [-0.2, 0) is 0 Å². The fraction of sp³-hybridized carbons (Fsp3) is 1.00. The largest absolute Gasteiger partial charge is 0.344 e. The summed E-state index contributed by atoms with van der Waals surface area (Å²) in [6.45, 7) is 1.75. The van der Waals surface area contributed by atoms with E-state index in [2.05, 4.69) is 0 Å². The Morgan fingerprint density at radius 3 is 1.62 bits per heavy atom. The zero-order valence-electron chi connectivity index (χ0n) is 4.96. The first-order valence-electron chi connectivity index (χ1n) is 2.23. The lowest BCUT2D eigenvalue weighted by atomic mass is 10.3. The predicted octanol–water partition coefficient (Wildman–Crippen LogP) is -0.421. The SMILES string of the molecule is CCCC(O)(O)O.N. The van der Waals surface area contributed by atoms with Gasteiger partial charge in [-0.25, -0.2) is 0 Å². The molecule has 0 aliphatic carbocycles. The molecule has 0 rings (SSSR count). The fourth-order valence-electron chi connectivity index (χ4n) is 0.335. The van der Waals surface area contributed by atoms with E-state index in [0.29, 0.717) is 6.42 Å². The fourth-order valence-corrected chi connectivity index (χ4v) is 0.335. The van der Waals surface area contributed by atoms with Crippen LogP contribution in [0.4, 0.5) is 0 Å². The lowest BCUT2D eigenvalue weighted by Gasteiger charge is -2.10. The zero-order valence-corrected chi connectivity index (χ0v) is 4.96. The van der Waals surface area contributed by atoms with Crippen LogP contribution in [0.15, 0.2) is 0 Å². The molecular weight excluding hydrogens is 110 g/mol. The second-order valence-corrected chi connectivity index (χ2v) is 1.52. The van der Waals surface area contributed by atoms with E-state index in [1.54, 1.807) is 6.92 Å². The minimum absolute atomic E-state index is 0. The van der Waals surface area contributed by atoms with E-state index < -0.39 is 5.97 Å². The molecule has 0 aromatic heterocycles. The van der Waals surface area contributed by atoms with Crippen molar-refractivity contribution in [2.75, 3.05) is 0 Å². The molecule has 0 amide bonds. The maximum atomic E-state index is 8.13. The Labute approximate surface area is 48.4 Å². The van der Waals surface area contributed by atoms with Gasteiger partial charge in [-0.05, 0) is 6.42 Å². The van der Waals surface area contributed by atoms with E-state index >= 15 is 0 Å². The van der Waals surface area contributed by atoms with Crippen LogP contribution in [0.5, 0.6) is 0 Å². The summed E-state index contributed by atoms with van der Waals surface area (Å²) >= 11 is 0. The summed E-state index contributed by atoms with van der Waals surface area (Å²) in [5.41, 5.74) is 0. The van der Waals surface area contributed by atoms with Crippen LogP contribution in [0.1, 0.15) is 19.8 Å². The quantitative estimate of drug-likeness (QED) is 0.375. The molecule has 0 aromatic carbocycles. The van der Waals surface area contributed by atoms with Crippen molar-refractivity contribution in [2.45, 2.75) is 25.7 Å². The molecule has 0 bridgehead atoms. The van der Waals surface area contributed by atoms with E-state index in [1.807, 2.05) is 0 Å². The van der Waals surface area contributed by atoms with Crippen LogP contribution < -0.4 is 6.15 Å². The normalized spacial score (nSPS) is 10.5. The van der Waals surface area contributed by atoms with Crippen molar-refractivity contribution in [1.29, 1.82) is 0 Å². The Balaban J connectivity index is 0. The summed E-state index contributed by atoms with van der Waals surface area (Å²) in [5, 5.41) is 24.4. The first kappa shape index (κ1) is 10.8. The lowest BCUT2D eigenvalue weighted by Crippen LogP contribution is -2.26. The lowest BCUT2D eigenvalue weighted by molar-refractivity contribution is -0.314. The van der Waals surface area contributed by atoms with Gasteiger partial charge in [-0.15, -0.1) is 0 Å². The van der Waals surface area contributed by atoms with Gasteiger partial charge in [0.05, 0.1) is 0 Å². The maximum Gasteiger partial charge on any atom is 0.275 e. The molecule has 4 heteroatoms. The van der Waals surface area contributed by atoms with Crippen LogP contribution in [0.2, 0.25) is 0 Å². The van der Waals surface area contributed by atoms with Gasteiger partial charge in [0.15, 0.2) is 0 Å². The summed E-state index contributed by atoms with van der Waals surface area (Å²) < 4.78 is 0. The van der Waals surface area contributed by atoms with Gasteiger partial charge >= 0.3 is 0 Å². The van der Waals surface area contributed by atoms with Crippen molar-refractivity contribution in [3.8, 4) is 0 Å². The topological polar surface area (TPSA) is 95.7 Å². The summed E-state index contributed by atoms with van der Waals surface area (Å²) in [6.07, 6.45) is 0.566. The van der Waals surface area contributed by atoms with Gasteiger partial charge in [-0.1, -0.05) is 6.92 Å². The molecule has 0 saturated carbocycles. The van der Waals surface area contributed by atoms with E-state index in [9.17, 15) is 0 Å². The first-order chi connectivity index (χ1) is 3.06. The van der Waals surface area contributed by atoms with Crippen LogP contribution in [-0.4, -0.2) is 21.3 Å². The van der Waals surface area contributed by atoms with E-state index in [0.717, 1.165) is 0 Å². The van der Waals surface area contributed by atoms with Gasteiger partial charge in [-0.3, -0.25) is 0 Å². The highest BCUT2D eigenvalue weighted by molar-refractivity contribution is 4.41. The Bertz CT molecular complexity index is 49.7. The first-order valence-corrected chi connectivity index (χ1v) is 2.23. The second kappa shape index (κ2) is 3.80. The molecule has 0 radical (unpaired) electrons. The highest BCUT2D eigenvalue weighted by Crippen LogP contribution is 2.01. The van der Waals surface area contributed by atoms with Crippen LogP contribution in [0.25, 0.3) is 0 Å². The van der Waals surface area contributed by atoms with Crippen molar-refractivity contribution in [2.24, 2.45) is 0 Å². The van der Waals surface area contributed by atoms with Gasteiger partial charge in [0, 0.05) is 6.42 Å². The highest BCUT2D eigenvalue weighted by atomic mass is 16.7. The highest BCUT2D eigenvalue weighted by Gasteiger charge is 2.14. The molecule has 6 N–H and O–H groups in total. The van der Waals surface area contributed by atoms with Crippen molar-refractivity contribution in [1.82, 2.24) is 6.15 Å². The molecule has 52 valence electrons. The average molecular weight is 123 g/mol. The number of aliphatic hydroxyl groups is 3. The van der Waals surface area contributed by atoms with Gasteiger partial charge in [0.25, 0.3) is 5.97 Å². The minimum Gasteiger partial charge on any atom is -0.344 e. The third kappa shape index (κ3) is 9.28. The molecule has 0 aromatic rings. The Kier molecular flexibility index (Phi) is 5.10. The third-order valence-corrected chi connectivity index (χ3v) is 0.585. The second-order valence-electron chi connectivity index (χ2n) is 1.52. The van der Waals surface area contributed by atoms with Crippen molar-refractivity contribution in [3.63, 3.8) is 0 Å². The number of rotatable bonds is 2. The molecule has 0 fully saturated rings. The summed E-state index contributed by atoms with van der Waals surface area (Å²) in [6, 6.07) is 0.